The maximum Gasteiger partial charge on any atom is 0.189 e. The Labute approximate surface area is 138 Å². The molecule has 5 heteroatoms. The van der Waals surface area contributed by atoms with E-state index in [0.29, 0.717) is 22.9 Å². The standard InChI is InChI=1S/C18H15ClO4/c1-11-2-4-15(17(21)6-11)16(20)5-3-12-7-14(19)8-13-9-22-10-23-18(12)13/h2-8,21H,9-10H2,1H3/b5-3+. The maximum atomic E-state index is 12.3. The molecule has 0 saturated heterocycles. The molecule has 0 saturated carbocycles. The highest BCUT2D eigenvalue weighted by Gasteiger charge is 2.15. The average molecular weight is 331 g/mol. The van der Waals surface area contributed by atoms with Crippen LogP contribution in [0.5, 0.6) is 11.5 Å². The van der Waals surface area contributed by atoms with Crippen LogP contribution >= 0.6 is 11.6 Å². The molecule has 0 atom stereocenters. The van der Waals surface area contributed by atoms with Crippen molar-refractivity contribution in [2.45, 2.75) is 13.5 Å². The van der Waals surface area contributed by atoms with Crippen molar-refractivity contribution < 1.29 is 19.4 Å². The molecular formula is C18H15ClO4. The van der Waals surface area contributed by atoms with Crippen LogP contribution in [0.25, 0.3) is 6.08 Å². The van der Waals surface area contributed by atoms with Gasteiger partial charge in [0, 0.05) is 16.1 Å². The smallest absolute Gasteiger partial charge is 0.189 e. The number of allylic oxidation sites excluding steroid dienone is 1. The lowest BCUT2D eigenvalue weighted by atomic mass is 10.0. The normalized spacial score (nSPS) is 13.7. The Kier molecular flexibility index (Phi) is 4.37. The third-order valence-electron chi connectivity index (χ3n) is 3.54. The van der Waals surface area contributed by atoms with Crippen LogP contribution in [0.3, 0.4) is 0 Å². The zero-order valence-corrected chi connectivity index (χ0v) is 13.3. The molecule has 2 aromatic carbocycles. The topological polar surface area (TPSA) is 55.8 Å². The summed E-state index contributed by atoms with van der Waals surface area (Å²) in [5, 5.41) is 10.4. The van der Waals surface area contributed by atoms with Crippen LogP contribution < -0.4 is 4.74 Å². The largest absolute Gasteiger partial charge is 0.507 e. The van der Waals surface area contributed by atoms with E-state index in [-0.39, 0.29) is 23.9 Å². The van der Waals surface area contributed by atoms with Gasteiger partial charge in [-0.15, -0.1) is 0 Å². The second kappa shape index (κ2) is 6.44. The van der Waals surface area contributed by atoms with E-state index >= 15 is 0 Å². The van der Waals surface area contributed by atoms with Gasteiger partial charge in [-0.1, -0.05) is 17.7 Å². The van der Waals surface area contributed by atoms with Crippen LogP contribution in [0.15, 0.2) is 36.4 Å². The number of aryl methyl sites for hydroxylation is 1. The predicted molar refractivity (Wildman–Crippen MR) is 87.9 cm³/mol. The zero-order chi connectivity index (χ0) is 16.4. The van der Waals surface area contributed by atoms with Gasteiger partial charge in [-0.3, -0.25) is 4.79 Å². The zero-order valence-electron chi connectivity index (χ0n) is 12.5. The molecule has 1 aliphatic rings. The molecule has 0 spiro atoms. The van der Waals surface area contributed by atoms with Crippen molar-refractivity contribution in [3.05, 3.63) is 63.7 Å². The summed E-state index contributed by atoms with van der Waals surface area (Å²) in [5.74, 6) is 0.346. The first-order valence-electron chi connectivity index (χ1n) is 7.09. The molecular weight excluding hydrogens is 316 g/mol. The van der Waals surface area contributed by atoms with Crippen molar-refractivity contribution in [2.24, 2.45) is 0 Å². The molecule has 0 radical (unpaired) electrons. The third kappa shape index (κ3) is 3.38. The Morgan fingerprint density at radius 1 is 1.30 bits per heavy atom. The van der Waals surface area contributed by atoms with Crippen molar-refractivity contribution in [2.75, 3.05) is 6.79 Å². The summed E-state index contributed by atoms with van der Waals surface area (Å²) in [6.07, 6.45) is 3.03. The lowest BCUT2D eigenvalue weighted by molar-refractivity contribution is -0.0165. The second-order valence-corrected chi connectivity index (χ2v) is 5.75. The number of fused-ring (bicyclic) bond motifs is 1. The maximum absolute atomic E-state index is 12.3. The predicted octanol–water partition coefficient (Wildman–Crippen LogP) is 4.12. The van der Waals surface area contributed by atoms with Crippen LogP contribution in [-0.2, 0) is 11.3 Å². The van der Waals surface area contributed by atoms with Crippen molar-refractivity contribution >= 4 is 23.5 Å². The van der Waals surface area contributed by atoms with E-state index in [1.54, 1.807) is 36.4 Å². The summed E-state index contributed by atoms with van der Waals surface area (Å²) >= 11 is 6.09. The number of benzene rings is 2. The minimum Gasteiger partial charge on any atom is -0.507 e. The molecule has 0 aromatic heterocycles. The first-order valence-corrected chi connectivity index (χ1v) is 7.47. The van der Waals surface area contributed by atoms with E-state index in [9.17, 15) is 9.90 Å². The highest BCUT2D eigenvalue weighted by molar-refractivity contribution is 6.30. The van der Waals surface area contributed by atoms with E-state index in [1.807, 2.05) is 6.92 Å². The van der Waals surface area contributed by atoms with E-state index in [1.165, 1.54) is 6.08 Å². The number of phenolic OH excluding ortho intramolecular Hbond substituents is 1. The molecule has 0 aliphatic carbocycles. The van der Waals surface area contributed by atoms with Crippen LogP contribution in [-0.4, -0.2) is 17.7 Å². The van der Waals surface area contributed by atoms with Crippen molar-refractivity contribution in [3.8, 4) is 11.5 Å². The molecule has 118 valence electrons. The first-order chi connectivity index (χ1) is 11.0. The van der Waals surface area contributed by atoms with E-state index in [0.717, 1.165) is 11.1 Å². The third-order valence-corrected chi connectivity index (χ3v) is 3.75. The van der Waals surface area contributed by atoms with Gasteiger partial charge in [0.1, 0.15) is 11.5 Å². The number of phenols is 1. The number of hydrogen-bond acceptors (Lipinski definition) is 4. The summed E-state index contributed by atoms with van der Waals surface area (Å²) in [7, 11) is 0. The Bertz CT molecular complexity index is 796. The number of aromatic hydroxyl groups is 1. The number of ether oxygens (including phenoxy) is 2. The minimum absolute atomic E-state index is 0.0302. The molecule has 0 amide bonds. The summed E-state index contributed by atoms with van der Waals surface area (Å²) in [6.45, 7) is 2.44. The number of rotatable bonds is 3. The molecule has 1 N–H and O–H groups in total. The number of halogens is 1. The summed E-state index contributed by atoms with van der Waals surface area (Å²) in [5.41, 5.74) is 2.69. The highest BCUT2D eigenvalue weighted by atomic mass is 35.5. The Morgan fingerprint density at radius 3 is 2.91 bits per heavy atom. The summed E-state index contributed by atoms with van der Waals surface area (Å²) in [6, 6.07) is 8.45. The van der Waals surface area contributed by atoms with Gasteiger partial charge in [-0.05, 0) is 48.9 Å². The average Bonchev–Trinajstić information content (AvgIpc) is 2.52. The molecule has 1 heterocycles. The van der Waals surface area contributed by atoms with Gasteiger partial charge in [-0.25, -0.2) is 0 Å². The van der Waals surface area contributed by atoms with Gasteiger partial charge >= 0.3 is 0 Å². The molecule has 23 heavy (non-hydrogen) atoms. The van der Waals surface area contributed by atoms with Gasteiger partial charge < -0.3 is 14.6 Å². The van der Waals surface area contributed by atoms with Crippen LogP contribution in [0.1, 0.15) is 27.0 Å². The second-order valence-electron chi connectivity index (χ2n) is 5.31. The van der Waals surface area contributed by atoms with Crippen LogP contribution in [0.4, 0.5) is 0 Å². The van der Waals surface area contributed by atoms with Gasteiger partial charge in [0.15, 0.2) is 12.6 Å². The molecule has 0 bridgehead atoms. The Hall–Kier alpha value is -2.30. The molecule has 4 nitrogen and oxygen atoms in total. The fraction of sp³-hybridized carbons (Fsp3) is 0.167. The summed E-state index contributed by atoms with van der Waals surface area (Å²) < 4.78 is 10.7. The van der Waals surface area contributed by atoms with Crippen LogP contribution in [0, 0.1) is 6.92 Å². The van der Waals surface area contributed by atoms with Crippen molar-refractivity contribution in [1.82, 2.24) is 0 Å². The number of carbonyl (C=O) groups excluding carboxylic acids is 1. The molecule has 0 fully saturated rings. The fourth-order valence-electron chi connectivity index (χ4n) is 2.44. The molecule has 1 aliphatic heterocycles. The van der Waals surface area contributed by atoms with Crippen molar-refractivity contribution in [3.63, 3.8) is 0 Å². The van der Waals surface area contributed by atoms with Gasteiger partial charge in [0.05, 0.1) is 12.2 Å². The number of hydrogen-bond donors (Lipinski definition) is 1. The molecule has 2 aromatic rings. The van der Waals surface area contributed by atoms with Crippen LogP contribution in [0.2, 0.25) is 5.02 Å². The number of ketones is 1. The quantitative estimate of drug-likeness (QED) is 0.679. The lowest BCUT2D eigenvalue weighted by Crippen LogP contribution is -2.12. The Balaban J connectivity index is 1.91. The fourth-order valence-corrected chi connectivity index (χ4v) is 2.69. The Morgan fingerprint density at radius 2 is 2.13 bits per heavy atom. The molecule has 0 unspecified atom stereocenters. The van der Waals surface area contributed by atoms with Crippen molar-refractivity contribution in [1.29, 1.82) is 0 Å². The van der Waals surface area contributed by atoms with E-state index in [4.69, 9.17) is 21.1 Å². The van der Waals surface area contributed by atoms with Gasteiger partial charge in [0.25, 0.3) is 0 Å². The minimum atomic E-state index is -0.289. The van der Waals surface area contributed by atoms with Gasteiger partial charge in [0.2, 0.25) is 0 Å². The monoisotopic (exact) mass is 330 g/mol. The number of carbonyl (C=O) groups is 1. The highest BCUT2D eigenvalue weighted by Crippen LogP contribution is 2.32. The van der Waals surface area contributed by atoms with E-state index in [2.05, 4.69) is 0 Å². The lowest BCUT2D eigenvalue weighted by Gasteiger charge is -2.19. The van der Waals surface area contributed by atoms with E-state index < -0.39 is 0 Å². The molecule has 3 rings (SSSR count). The SMILES string of the molecule is Cc1ccc(C(=O)/C=C/c2cc(Cl)cc3c2OCOC3)c(O)c1. The van der Waals surface area contributed by atoms with Gasteiger partial charge in [-0.2, -0.15) is 0 Å². The first kappa shape index (κ1) is 15.6. The summed E-state index contributed by atoms with van der Waals surface area (Å²) in [4.78, 5) is 12.3.